The van der Waals surface area contributed by atoms with E-state index in [1.807, 2.05) is 0 Å². The van der Waals surface area contributed by atoms with Gasteiger partial charge in [0.15, 0.2) is 0 Å². The van der Waals surface area contributed by atoms with Crippen LogP contribution in [-0.2, 0) is 6.67 Å². The summed E-state index contributed by atoms with van der Waals surface area (Å²) < 4.78 is 12.1. The molecule has 1 N–H and O–H groups in total. The van der Waals surface area contributed by atoms with Crippen molar-refractivity contribution in [2.45, 2.75) is 6.67 Å². The van der Waals surface area contributed by atoms with Crippen molar-refractivity contribution < 1.29 is 9.50 Å². The van der Waals surface area contributed by atoms with Crippen LogP contribution in [0.25, 0.3) is 0 Å². The van der Waals surface area contributed by atoms with Crippen molar-refractivity contribution in [1.29, 1.82) is 0 Å². The maximum atomic E-state index is 12.1. The summed E-state index contributed by atoms with van der Waals surface area (Å²) >= 11 is 11.1. The summed E-state index contributed by atoms with van der Waals surface area (Å²) in [5.74, 6) is -0.149. The van der Waals surface area contributed by atoms with Gasteiger partial charge in [-0.25, -0.2) is 4.39 Å². The maximum Gasteiger partial charge on any atom is 0.134 e. The van der Waals surface area contributed by atoms with E-state index in [1.165, 1.54) is 12.1 Å². The lowest BCUT2D eigenvalue weighted by atomic mass is 10.2. The summed E-state index contributed by atoms with van der Waals surface area (Å²) in [6.45, 7) is -0.772. The minimum atomic E-state index is -0.772. The third-order valence-electron chi connectivity index (χ3n) is 1.30. The fourth-order valence-electron chi connectivity index (χ4n) is 0.708. The minimum Gasteiger partial charge on any atom is -0.506 e. The van der Waals surface area contributed by atoms with Crippen LogP contribution in [0, 0.1) is 0 Å². The fraction of sp³-hybridized carbons (Fsp3) is 0.143. The molecule has 0 saturated carbocycles. The van der Waals surface area contributed by atoms with Gasteiger partial charge in [-0.1, -0.05) is 23.2 Å². The summed E-state index contributed by atoms with van der Waals surface area (Å²) in [6, 6.07) is 2.72. The van der Waals surface area contributed by atoms with Gasteiger partial charge < -0.3 is 5.11 Å². The molecule has 0 heterocycles. The maximum absolute atomic E-state index is 12.1. The Bertz CT molecular complexity index is 275. The van der Waals surface area contributed by atoms with E-state index in [4.69, 9.17) is 28.3 Å². The Morgan fingerprint density at radius 3 is 2.45 bits per heavy atom. The quantitative estimate of drug-likeness (QED) is 0.729. The Morgan fingerprint density at radius 2 is 2.00 bits per heavy atom. The summed E-state index contributed by atoms with van der Waals surface area (Å²) in [5.41, 5.74) is 0.133. The van der Waals surface area contributed by atoms with Crippen LogP contribution in [0.4, 0.5) is 4.39 Å². The van der Waals surface area contributed by atoms with Crippen LogP contribution in [0.15, 0.2) is 12.1 Å². The van der Waals surface area contributed by atoms with Crippen molar-refractivity contribution in [3.63, 3.8) is 0 Å². The Balaban J connectivity index is 3.29. The van der Waals surface area contributed by atoms with Crippen LogP contribution in [0.3, 0.4) is 0 Å². The standard InChI is InChI=1S/C7H5Cl2FO/c8-5-1-2-6(11)7(9)4(5)3-10/h1-2,11H,3H2. The molecule has 0 aromatic heterocycles. The second kappa shape index (κ2) is 3.28. The van der Waals surface area contributed by atoms with Gasteiger partial charge in [0.2, 0.25) is 0 Å². The van der Waals surface area contributed by atoms with Crippen molar-refractivity contribution in [2.24, 2.45) is 0 Å². The lowest BCUT2D eigenvalue weighted by Crippen LogP contribution is -1.82. The van der Waals surface area contributed by atoms with Crippen molar-refractivity contribution in [3.05, 3.63) is 27.7 Å². The van der Waals surface area contributed by atoms with Crippen LogP contribution in [-0.4, -0.2) is 5.11 Å². The van der Waals surface area contributed by atoms with Crippen LogP contribution >= 0.6 is 23.2 Å². The molecule has 0 spiro atoms. The van der Waals surface area contributed by atoms with Crippen molar-refractivity contribution in [2.75, 3.05) is 0 Å². The number of hydrogen-bond donors (Lipinski definition) is 1. The Hall–Kier alpha value is -0.470. The van der Waals surface area contributed by atoms with Crippen molar-refractivity contribution in [1.82, 2.24) is 0 Å². The summed E-state index contributed by atoms with van der Waals surface area (Å²) in [6.07, 6.45) is 0. The average Bonchev–Trinajstić information content (AvgIpc) is 1.99. The predicted molar refractivity (Wildman–Crippen MR) is 42.9 cm³/mol. The van der Waals surface area contributed by atoms with E-state index < -0.39 is 6.67 Å². The smallest absolute Gasteiger partial charge is 0.134 e. The van der Waals surface area contributed by atoms with Gasteiger partial charge in [-0.15, -0.1) is 0 Å². The van der Waals surface area contributed by atoms with E-state index in [0.29, 0.717) is 0 Å². The SMILES string of the molecule is Oc1ccc(Cl)c(CF)c1Cl. The third-order valence-corrected chi connectivity index (χ3v) is 2.08. The largest absolute Gasteiger partial charge is 0.506 e. The summed E-state index contributed by atoms with van der Waals surface area (Å²) in [7, 11) is 0. The molecule has 1 aromatic rings. The fourth-order valence-corrected chi connectivity index (χ4v) is 1.18. The molecule has 0 aliphatic rings. The van der Waals surface area contributed by atoms with E-state index in [2.05, 4.69) is 0 Å². The topological polar surface area (TPSA) is 20.2 Å². The zero-order valence-corrected chi connectivity index (χ0v) is 6.95. The van der Waals surface area contributed by atoms with E-state index >= 15 is 0 Å². The molecule has 0 radical (unpaired) electrons. The molecule has 1 nitrogen and oxygen atoms in total. The van der Waals surface area contributed by atoms with Gasteiger partial charge in [-0.2, -0.15) is 0 Å². The molecule has 0 saturated heterocycles. The highest BCUT2D eigenvalue weighted by molar-refractivity contribution is 6.36. The van der Waals surface area contributed by atoms with Gasteiger partial charge in [0.05, 0.1) is 5.02 Å². The lowest BCUT2D eigenvalue weighted by molar-refractivity contribution is 0.463. The molecule has 60 valence electrons. The summed E-state index contributed by atoms with van der Waals surface area (Å²) in [5, 5.41) is 9.22. The Kier molecular flexibility index (Phi) is 2.58. The second-order valence-corrected chi connectivity index (χ2v) is 2.78. The van der Waals surface area contributed by atoms with E-state index in [1.54, 1.807) is 0 Å². The van der Waals surface area contributed by atoms with Crippen LogP contribution in [0.2, 0.25) is 10.0 Å². The van der Waals surface area contributed by atoms with Gasteiger partial charge in [0.25, 0.3) is 0 Å². The van der Waals surface area contributed by atoms with E-state index in [-0.39, 0.29) is 21.4 Å². The molecule has 0 amide bonds. The molecule has 0 unspecified atom stereocenters. The molecular formula is C7H5Cl2FO. The zero-order chi connectivity index (χ0) is 8.43. The number of alkyl halides is 1. The second-order valence-electron chi connectivity index (χ2n) is 1.99. The third kappa shape index (κ3) is 1.57. The van der Waals surface area contributed by atoms with Crippen molar-refractivity contribution in [3.8, 4) is 5.75 Å². The first kappa shape index (κ1) is 8.62. The molecular weight excluding hydrogens is 190 g/mol. The number of phenols is 1. The first-order valence-electron chi connectivity index (χ1n) is 2.88. The number of rotatable bonds is 1. The molecule has 0 atom stereocenters. The molecule has 0 aliphatic heterocycles. The van der Waals surface area contributed by atoms with Gasteiger partial charge in [-0.05, 0) is 12.1 Å². The minimum absolute atomic E-state index is 0.0139. The highest BCUT2D eigenvalue weighted by Gasteiger charge is 2.08. The normalized spacial score (nSPS) is 10.1. The number of benzene rings is 1. The predicted octanol–water partition coefficient (Wildman–Crippen LogP) is 3.17. The van der Waals surface area contributed by atoms with Crippen LogP contribution in [0.1, 0.15) is 5.56 Å². The molecule has 1 aromatic carbocycles. The van der Waals surface area contributed by atoms with Gasteiger partial charge in [0.1, 0.15) is 12.4 Å². The van der Waals surface area contributed by atoms with Crippen LogP contribution in [0.5, 0.6) is 5.75 Å². The number of hydrogen-bond acceptors (Lipinski definition) is 1. The Morgan fingerprint density at radius 1 is 1.36 bits per heavy atom. The number of phenolic OH excluding ortho intramolecular Hbond substituents is 1. The van der Waals surface area contributed by atoms with Gasteiger partial charge >= 0.3 is 0 Å². The first-order valence-corrected chi connectivity index (χ1v) is 3.64. The van der Waals surface area contributed by atoms with E-state index in [0.717, 1.165) is 0 Å². The molecule has 0 bridgehead atoms. The van der Waals surface area contributed by atoms with Gasteiger partial charge in [0, 0.05) is 10.6 Å². The first-order chi connectivity index (χ1) is 5.16. The molecule has 0 aliphatic carbocycles. The Labute approximate surface area is 73.4 Å². The average molecular weight is 195 g/mol. The highest BCUT2D eigenvalue weighted by Crippen LogP contribution is 2.32. The molecule has 11 heavy (non-hydrogen) atoms. The molecule has 4 heteroatoms. The van der Waals surface area contributed by atoms with E-state index in [9.17, 15) is 4.39 Å². The number of halogens is 3. The number of aromatic hydroxyl groups is 1. The lowest BCUT2D eigenvalue weighted by Gasteiger charge is -2.02. The molecule has 0 fully saturated rings. The highest BCUT2D eigenvalue weighted by atomic mass is 35.5. The van der Waals surface area contributed by atoms with Crippen LogP contribution < -0.4 is 0 Å². The van der Waals surface area contributed by atoms with Crippen molar-refractivity contribution >= 4 is 23.2 Å². The monoisotopic (exact) mass is 194 g/mol. The van der Waals surface area contributed by atoms with Gasteiger partial charge in [-0.3, -0.25) is 0 Å². The summed E-state index contributed by atoms with van der Waals surface area (Å²) in [4.78, 5) is 0. The zero-order valence-electron chi connectivity index (χ0n) is 5.44. The molecule has 1 rings (SSSR count).